The van der Waals surface area contributed by atoms with Crippen LogP contribution in [-0.4, -0.2) is 34.2 Å². The number of thioether (sulfide) groups is 1. The first-order valence-corrected chi connectivity index (χ1v) is 9.21. The van der Waals surface area contributed by atoms with Crippen molar-refractivity contribution in [3.8, 4) is 11.5 Å². The molecule has 1 aromatic heterocycles. The molecule has 1 N–H and O–H groups in total. The molecular formula is C18H23N3O3S. The zero-order valence-electron chi connectivity index (χ0n) is 15.0. The normalized spacial score (nSPS) is 14.7. The average molecular weight is 361 g/mol. The molecule has 0 spiro atoms. The van der Waals surface area contributed by atoms with Crippen molar-refractivity contribution in [2.45, 2.75) is 37.3 Å². The van der Waals surface area contributed by atoms with E-state index in [1.54, 1.807) is 4.68 Å². The summed E-state index contributed by atoms with van der Waals surface area (Å²) in [5.74, 6) is 1.46. The fraction of sp³-hybridized carbons (Fsp3) is 0.444. The third kappa shape index (κ3) is 3.92. The van der Waals surface area contributed by atoms with Gasteiger partial charge in [0.05, 0.1) is 35.5 Å². The maximum atomic E-state index is 12.5. The van der Waals surface area contributed by atoms with Gasteiger partial charge in [0.2, 0.25) is 5.91 Å². The molecule has 134 valence electrons. The Hall–Kier alpha value is -2.15. The highest BCUT2D eigenvalue weighted by molar-refractivity contribution is 8.00. The Morgan fingerprint density at radius 1 is 1.28 bits per heavy atom. The van der Waals surface area contributed by atoms with E-state index in [4.69, 9.17) is 9.47 Å². The fourth-order valence-corrected chi connectivity index (χ4v) is 3.55. The molecule has 1 aromatic carbocycles. The molecule has 0 aliphatic carbocycles. The summed E-state index contributed by atoms with van der Waals surface area (Å²) >= 11 is 1.49. The number of benzene rings is 1. The molecule has 1 atom stereocenters. The first-order chi connectivity index (χ1) is 12.0. The summed E-state index contributed by atoms with van der Waals surface area (Å²) in [6.45, 7) is 7.05. The van der Waals surface area contributed by atoms with Crippen molar-refractivity contribution < 1.29 is 14.3 Å². The number of amides is 1. The van der Waals surface area contributed by atoms with Crippen molar-refractivity contribution in [2.75, 3.05) is 18.5 Å². The molecule has 0 saturated carbocycles. The van der Waals surface area contributed by atoms with Crippen LogP contribution in [0, 0.1) is 13.8 Å². The third-order valence-electron chi connectivity index (χ3n) is 4.16. The molecular weight excluding hydrogens is 338 g/mol. The highest BCUT2D eigenvalue weighted by atomic mass is 32.2. The maximum absolute atomic E-state index is 12.5. The summed E-state index contributed by atoms with van der Waals surface area (Å²) in [5.41, 5.74) is 2.55. The smallest absolute Gasteiger partial charge is 0.237 e. The van der Waals surface area contributed by atoms with E-state index < -0.39 is 0 Å². The SMILES string of the molecule is Cc1nn(C)c(C)c1NC(=O)[C@H](C)Sc1ccc2c(c1)OCCCO2. The van der Waals surface area contributed by atoms with E-state index in [9.17, 15) is 4.79 Å². The molecule has 2 heterocycles. The van der Waals surface area contributed by atoms with Gasteiger partial charge in [0.1, 0.15) is 0 Å². The van der Waals surface area contributed by atoms with E-state index in [2.05, 4.69) is 10.4 Å². The molecule has 0 fully saturated rings. The number of hydrogen-bond acceptors (Lipinski definition) is 5. The van der Waals surface area contributed by atoms with Crippen LogP contribution in [0.4, 0.5) is 5.69 Å². The van der Waals surface area contributed by atoms with Gasteiger partial charge in [0, 0.05) is 18.4 Å². The van der Waals surface area contributed by atoms with Crippen molar-refractivity contribution in [1.29, 1.82) is 0 Å². The quantitative estimate of drug-likeness (QED) is 0.847. The van der Waals surface area contributed by atoms with Crippen LogP contribution in [0.15, 0.2) is 23.1 Å². The predicted octanol–water partition coefficient (Wildman–Crippen LogP) is 3.32. The second-order valence-corrected chi connectivity index (χ2v) is 7.49. The molecule has 25 heavy (non-hydrogen) atoms. The Kier molecular flexibility index (Phi) is 5.22. The Bertz CT molecular complexity index is 788. The van der Waals surface area contributed by atoms with Crippen LogP contribution in [0.5, 0.6) is 11.5 Å². The van der Waals surface area contributed by atoms with E-state index in [1.165, 1.54) is 11.8 Å². The van der Waals surface area contributed by atoms with Crippen LogP contribution in [0.3, 0.4) is 0 Å². The Morgan fingerprint density at radius 3 is 2.68 bits per heavy atom. The maximum Gasteiger partial charge on any atom is 0.237 e. The number of anilines is 1. The van der Waals surface area contributed by atoms with Crippen LogP contribution in [-0.2, 0) is 11.8 Å². The third-order valence-corrected chi connectivity index (χ3v) is 5.25. The van der Waals surface area contributed by atoms with Crippen molar-refractivity contribution in [3.63, 3.8) is 0 Å². The Morgan fingerprint density at radius 2 is 2.00 bits per heavy atom. The van der Waals surface area contributed by atoms with Crippen molar-refractivity contribution in [1.82, 2.24) is 9.78 Å². The summed E-state index contributed by atoms with van der Waals surface area (Å²) in [4.78, 5) is 13.5. The van der Waals surface area contributed by atoms with Gasteiger partial charge in [-0.05, 0) is 39.0 Å². The lowest BCUT2D eigenvalue weighted by Gasteiger charge is -2.14. The minimum Gasteiger partial charge on any atom is -0.490 e. The lowest BCUT2D eigenvalue weighted by molar-refractivity contribution is -0.115. The number of carbonyl (C=O) groups is 1. The molecule has 1 amide bonds. The lowest BCUT2D eigenvalue weighted by atomic mass is 10.3. The van der Waals surface area contributed by atoms with Crippen LogP contribution in [0.25, 0.3) is 0 Å². The van der Waals surface area contributed by atoms with E-state index in [-0.39, 0.29) is 11.2 Å². The number of carbonyl (C=O) groups excluding carboxylic acids is 1. The lowest BCUT2D eigenvalue weighted by Crippen LogP contribution is -2.23. The monoisotopic (exact) mass is 361 g/mol. The van der Waals surface area contributed by atoms with Gasteiger partial charge in [-0.15, -0.1) is 11.8 Å². The molecule has 0 bridgehead atoms. The van der Waals surface area contributed by atoms with E-state index in [0.717, 1.165) is 39.9 Å². The molecule has 0 saturated heterocycles. The first kappa shape index (κ1) is 17.7. The number of rotatable bonds is 4. The second kappa shape index (κ2) is 7.39. The largest absolute Gasteiger partial charge is 0.490 e. The van der Waals surface area contributed by atoms with Crippen molar-refractivity contribution >= 4 is 23.4 Å². The molecule has 0 radical (unpaired) electrons. The number of nitrogens with one attached hydrogen (secondary N) is 1. The molecule has 3 rings (SSSR count). The standard InChI is InChI=1S/C18H23N3O3S/c1-11-17(12(2)21(4)20-11)19-18(22)13(3)25-14-6-7-15-16(10-14)24-9-5-8-23-15/h6-7,10,13H,5,8-9H2,1-4H3,(H,19,22)/t13-/m0/s1. The van der Waals surface area contributed by atoms with Gasteiger partial charge in [-0.3, -0.25) is 9.48 Å². The minimum absolute atomic E-state index is 0.0451. The van der Waals surface area contributed by atoms with Crippen LogP contribution < -0.4 is 14.8 Å². The zero-order chi connectivity index (χ0) is 18.0. The second-order valence-electron chi connectivity index (χ2n) is 6.08. The fourth-order valence-electron chi connectivity index (χ4n) is 2.65. The zero-order valence-corrected chi connectivity index (χ0v) is 15.8. The van der Waals surface area contributed by atoms with E-state index in [0.29, 0.717) is 13.2 Å². The predicted molar refractivity (Wildman–Crippen MR) is 98.7 cm³/mol. The molecule has 6 nitrogen and oxygen atoms in total. The van der Waals surface area contributed by atoms with Gasteiger partial charge in [-0.2, -0.15) is 5.10 Å². The summed E-state index contributed by atoms with van der Waals surface area (Å²) in [6.07, 6.45) is 0.875. The van der Waals surface area contributed by atoms with E-state index in [1.807, 2.05) is 46.0 Å². The summed E-state index contributed by atoms with van der Waals surface area (Å²) in [6, 6.07) is 5.81. The number of ether oxygens (including phenoxy) is 2. The van der Waals surface area contributed by atoms with Gasteiger partial charge >= 0.3 is 0 Å². The highest BCUT2D eigenvalue weighted by Crippen LogP contribution is 2.35. The van der Waals surface area contributed by atoms with Gasteiger partial charge in [0.15, 0.2) is 11.5 Å². The molecule has 0 unspecified atom stereocenters. The average Bonchev–Trinajstić information content (AvgIpc) is 2.76. The van der Waals surface area contributed by atoms with Gasteiger partial charge < -0.3 is 14.8 Å². The summed E-state index contributed by atoms with van der Waals surface area (Å²) < 4.78 is 13.1. The van der Waals surface area contributed by atoms with E-state index >= 15 is 0 Å². The highest BCUT2D eigenvalue weighted by Gasteiger charge is 2.19. The Balaban J connectivity index is 1.68. The van der Waals surface area contributed by atoms with Gasteiger partial charge in [-0.1, -0.05) is 0 Å². The summed E-state index contributed by atoms with van der Waals surface area (Å²) in [7, 11) is 1.87. The van der Waals surface area contributed by atoms with Gasteiger partial charge in [-0.25, -0.2) is 0 Å². The first-order valence-electron chi connectivity index (χ1n) is 8.33. The Labute approximate surface area is 151 Å². The molecule has 2 aromatic rings. The van der Waals surface area contributed by atoms with Crippen LogP contribution >= 0.6 is 11.8 Å². The number of aromatic nitrogens is 2. The number of fused-ring (bicyclic) bond motifs is 1. The minimum atomic E-state index is -0.247. The van der Waals surface area contributed by atoms with Crippen LogP contribution in [0.1, 0.15) is 24.7 Å². The van der Waals surface area contributed by atoms with Crippen molar-refractivity contribution in [2.24, 2.45) is 7.05 Å². The van der Waals surface area contributed by atoms with Crippen LogP contribution in [0.2, 0.25) is 0 Å². The molecule has 1 aliphatic rings. The number of aryl methyl sites for hydroxylation is 2. The van der Waals surface area contributed by atoms with Gasteiger partial charge in [0.25, 0.3) is 0 Å². The molecule has 7 heteroatoms. The molecule has 1 aliphatic heterocycles. The topological polar surface area (TPSA) is 65.4 Å². The van der Waals surface area contributed by atoms with Crippen molar-refractivity contribution in [3.05, 3.63) is 29.6 Å². The summed E-state index contributed by atoms with van der Waals surface area (Å²) in [5, 5.41) is 7.07. The number of hydrogen-bond donors (Lipinski definition) is 1. The number of nitrogens with zero attached hydrogens (tertiary/aromatic N) is 2.